The third-order valence-electron chi connectivity index (χ3n) is 4.47. The van der Waals surface area contributed by atoms with Gasteiger partial charge in [-0.25, -0.2) is 9.38 Å². The molecule has 1 amide bonds. The van der Waals surface area contributed by atoms with Crippen molar-refractivity contribution in [1.29, 1.82) is 0 Å². The summed E-state index contributed by atoms with van der Waals surface area (Å²) in [6.45, 7) is 13.5. The van der Waals surface area contributed by atoms with E-state index >= 15 is 0 Å². The van der Waals surface area contributed by atoms with Crippen LogP contribution in [0, 0.1) is 5.82 Å². The second kappa shape index (κ2) is 13.2. The number of alkyl halides is 3. The minimum absolute atomic E-state index is 0.0187. The first-order chi connectivity index (χ1) is 16.0. The maximum atomic E-state index is 13.9. The van der Waals surface area contributed by atoms with E-state index in [0.717, 1.165) is 24.6 Å². The number of likely N-dealkylation sites (N-methyl/N-ethyl adjacent to an activating group) is 1. The minimum Gasteiger partial charge on any atom is -0.490 e. The summed E-state index contributed by atoms with van der Waals surface area (Å²) in [7, 11) is 0. The van der Waals surface area contributed by atoms with E-state index in [1.165, 1.54) is 24.1 Å². The molecule has 184 valence electrons. The summed E-state index contributed by atoms with van der Waals surface area (Å²) in [4.78, 5) is 26.2. The highest BCUT2D eigenvalue weighted by molar-refractivity contribution is 6.08. The summed E-state index contributed by atoms with van der Waals surface area (Å²) in [6.07, 6.45) is 2.68. The Morgan fingerprint density at radius 3 is 2.62 bits per heavy atom. The molecule has 0 aliphatic rings. The number of carbonyl (C=O) groups excluding carboxylic acids is 1. The molecule has 1 aromatic heterocycles. The number of ether oxygens (including phenoxy) is 1. The Hall–Kier alpha value is -3.56. The molecule has 0 saturated heterocycles. The second-order valence-electron chi connectivity index (χ2n) is 6.99. The van der Waals surface area contributed by atoms with Crippen molar-refractivity contribution in [3.8, 4) is 0 Å². The van der Waals surface area contributed by atoms with Crippen LogP contribution in [0.1, 0.15) is 43.7 Å². The quantitative estimate of drug-likeness (QED) is 0.178. The van der Waals surface area contributed by atoms with Gasteiger partial charge in [-0.05, 0) is 39.8 Å². The van der Waals surface area contributed by atoms with Crippen molar-refractivity contribution in [2.75, 3.05) is 13.2 Å². The molecule has 0 fully saturated rings. The summed E-state index contributed by atoms with van der Waals surface area (Å²) in [5.74, 6) is -1.30. The topological polar surface area (TPSA) is 67.2 Å². The molecule has 1 rings (SSSR count). The first-order valence-electron chi connectivity index (χ1n) is 10.3. The van der Waals surface area contributed by atoms with Crippen LogP contribution in [0.2, 0.25) is 0 Å². The van der Waals surface area contributed by atoms with E-state index in [4.69, 9.17) is 4.74 Å². The van der Waals surface area contributed by atoms with Crippen molar-refractivity contribution in [3.05, 3.63) is 78.4 Å². The maximum Gasteiger partial charge on any atom is 0.433 e. The third kappa shape index (κ3) is 8.42. The average Bonchev–Trinajstić information content (AvgIpc) is 2.77. The first-order valence-corrected chi connectivity index (χ1v) is 10.3. The van der Waals surface area contributed by atoms with Gasteiger partial charge in [0.2, 0.25) is 0 Å². The molecule has 1 heterocycles. The Bertz CT molecular complexity index is 1010. The van der Waals surface area contributed by atoms with Crippen LogP contribution < -0.4 is 0 Å². The Balaban J connectivity index is 3.03. The number of hydrogen-bond acceptors (Lipinski definition) is 5. The highest BCUT2D eigenvalue weighted by atomic mass is 19.4. The van der Waals surface area contributed by atoms with Gasteiger partial charge >= 0.3 is 6.18 Å². The average molecular weight is 481 g/mol. The molecule has 10 heteroatoms. The van der Waals surface area contributed by atoms with E-state index in [1.54, 1.807) is 26.8 Å². The van der Waals surface area contributed by atoms with Crippen LogP contribution in [0.3, 0.4) is 0 Å². The smallest absolute Gasteiger partial charge is 0.433 e. The lowest BCUT2D eigenvalue weighted by molar-refractivity contribution is -0.0924. The fourth-order valence-corrected chi connectivity index (χ4v) is 2.79. The lowest BCUT2D eigenvalue weighted by atomic mass is 10.1. The molecule has 6 nitrogen and oxygen atoms in total. The largest absolute Gasteiger partial charge is 0.490 e. The summed E-state index contributed by atoms with van der Waals surface area (Å²) in [5, 5.41) is 0. The third-order valence-corrected chi connectivity index (χ3v) is 4.47. The van der Waals surface area contributed by atoms with Crippen LogP contribution in [0.15, 0.2) is 71.3 Å². The monoisotopic (exact) mass is 480 g/mol. The van der Waals surface area contributed by atoms with Crippen LogP contribution in [0.5, 0.6) is 0 Å². The van der Waals surface area contributed by atoms with Crippen molar-refractivity contribution in [2.24, 2.45) is 9.98 Å². The van der Waals surface area contributed by atoms with Crippen LogP contribution in [-0.2, 0) is 4.74 Å². The zero-order chi connectivity index (χ0) is 25.9. The van der Waals surface area contributed by atoms with Gasteiger partial charge in [-0.1, -0.05) is 25.3 Å². The van der Waals surface area contributed by atoms with E-state index in [1.807, 2.05) is 0 Å². The van der Waals surface area contributed by atoms with Gasteiger partial charge in [0.25, 0.3) is 5.91 Å². The molecule has 1 aromatic rings. The molecular formula is C24H28F4N4O2. The van der Waals surface area contributed by atoms with Gasteiger partial charge < -0.3 is 9.64 Å². The van der Waals surface area contributed by atoms with E-state index < -0.39 is 29.6 Å². The van der Waals surface area contributed by atoms with Crippen molar-refractivity contribution in [1.82, 2.24) is 9.88 Å². The van der Waals surface area contributed by atoms with Crippen molar-refractivity contribution in [2.45, 2.75) is 39.9 Å². The number of aliphatic imine (C=N–C) groups is 2. The fraction of sp³-hybridized carbons (Fsp3) is 0.333. The van der Waals surface area contributed by atoms with E-state index in [2.05, 4.69) is 28.1 Å². The summed E-state index contributed by atoms with van der Waals surface area (Å²) in [6, 6.07) is 0.554. The predicted molar refractivity (Wildman–Crippen MR) is 125 cm³/mol. The molecule has 0 aromatic carbocycles. The van der Waals surface area contributed by atoms with Gasteiger partial charge in [-0.3, -0.25) is 14.8 Å². The zero-order valence-corrected chi connectivity index (χ0v) is 19.6. The summed E-state index contributed by atoms with van der Waals surface area (Å²) in [5.41, 5.74) is -0.447. The van der Waals surface area contributed by atoms with Crippen LogP contribution in [0.25, 0.3) is 0 Å². The van der Waals surface area contributed by atoms with Gasteiger partial charge in [0.15, 0.2) is 0 Å². The highest BCUT2D eigenvalue weighted by Gasteiger charge is 2.32. The molecule has 0 spiro atoms. The highest BCUT2D eigenvalue weighted by Crippen LogP contribution is 2.26. The summed E-state index contributed by atoms with van der Waals surface area (Å²) < 4.78 is 57.5. The van der Waals surface area contributed by atoms with Crippen molar-refractivity contribution in [3.63, 3.8) is 0 Å². The van der Waals surface area contributed by atoms with Gasteiger partial charge in [0.05, 0.1) is 35.4 Å². The predicted octanol–water partition coefficient (Wildman–Crippen LogP) is 5.65. The van der Waals surface area contributed by atoms with Crippen molar-refractivity contribution >= 4 is 17.8 Å². The van der Waals surface area contributed by atoms with Gasteiger partial charge in [0.1, 0.15) is 23.9 Å². The first kappa shape index (κ1) is 28.5. The molecule has 0 aliphatic carbocycles. The summed E-state index contributed by atoms with van der Waals surface area (Å²) >= 11 is 0. The Kier molecular flexibility index (Phi) is 11.1. The van der Waals surface area contributed by atoms with Crippen LogP contribution >= 0.6 is 0 Å². The van der Waals surface area contributed by atoms with Gasteiger partial charge in [-0.15, -0.1) is 0 Å². The number of carbonyl (C=O) groups is 1. The van der Waals surface area contributed by atoms with Crippen LogP contribution in [-0.4, -0.2) is 53.1 Å². The molecular weight excluding hydrogens is 452 g/mol. The van der Waals surface area contributed by atoms with Crippen molar-refractivity contribution < 1.29 is 27.1 Å². The Morgan fingerprint density at radius 2 is 2.06 bits per heavy atom. The maximum absolute atomic E-state index is 13.9. The number of halogens is 4. The van der Waals surface area contributed by atoms with E-state index in [0.29, 0.717) is 5.71 Å². The second-order valence-corrected chi connectivity index (χ2v) is 6.99. The minimum atomic E-state index is -4.59. The molecule has 0 radical (unpaired) electrons. The fourth-order valence-electron chi connectivity index (χ4n) is 2.79. The molecule has 1 atom stereocenters. The zero-order valence-electron chi connectivity index (χ0n) is 19.6. The number of amides is 1. The molecule has 0 saturated carbocycles. The van der Waals surface area contributed by atoms with E-state index in [-0.39, 0.29) is 30.2 Å². The Morgan fingerprint density at radius 1 is 1.38 bits per heavy atom. The molecule has 0 N–H and O–H groups in total. The number of aromatic nitrogens is 1. The Labute approximate surface area is 196 Å². The van der Waals surface area contributed by atoms with E-state index in [9.17, 15) is 22.4 Å². The van der Waals surface area contributed by atoms with Gasteiger partial charge in [-0.2, -0.15) is 13.2 Å². The molecule has 1 unspecified atom stereocenters. The lowest BCUT2D eigenvalue weighted by Gasteiger charge is -2.28. The number of pyridine rings is 1. The number of nitrogens with zero attached hydrogens (tertiary/aromatic N) is 4. The lowest BCUT2D eigenvalue weighted by Crippen LogP contribution is -2.41. The van der Waals surface area contributed by atoms with Gasteiger partial charge in [0, 0.05) is 12.7 Å². The standard InChI is InChI=1S/C24H28F4N4O2/c1-7-10-11-29-18(6)22-20(12-19(25)14-31-22)23(33)32(9-3)16(4)15-34-17(5)13-30-21(8-2)24(26,27)28/h7-8,10-14,16H,1,5,9,15H2,2-4,6H3/b11-10-,21-8-,29-18?,30-13?. The number of allylic oxidation sites excluding steroid dienone is 5. The number of rotatable bonds is 11. The molecule has 0 aliphatic heterocycles. The molecule has 0 bridgehead atoms. The van der Waals surface area contributed by atoms with Crippen LogP contribution in [0.4, 0.5) is 17.6 Å². The molecule has 34 heavy (non-hydrogen) atoms. The normalized spacial score (nSPS) is 13.9. The number of hydrogen-bond donors (Lipinski definition) is 0. The SMILES string of the molecule is C=C/C=C\N=C(C)c1ncc(F)cc1C(=O)N(CC)C(C)COC(=C)C=N/C(=C\C)C(F)(F)F.